The molecule has 0 radical (unpaired) electrons. The number of nitrogens with one attached hydrogen (secondary N) is 1. The lowest BCUT2D eigenvalue weighted by atomic mass is 10.1. The maximum absolute atomic E-state index is 12.3. The number of halogens is 2. The van der Waals surface area contributed by atoms with Crippen LogP contribution in [0.5, 0.6) is 0 Å². The van der Waals surface area contributed by atoms with Gasteiger partial charge in [-0.2, -0.15) is 0 Å². The molecule has 1 unspecified atom stereocenters. The van der Waals surface area contributed by atoms with Crippen LogP contribution in [0.2, 0.25) is 0 Å². The molecule has 2 N–H and O–H groups in total. The minimum Gasteiger partial charge on any atom is -0.480 e. The van der Waals surface area contributed by atoms with Crippen molar-refractivity contribution < 1.29 is 23.5 Å². The van der Waals surface area contributed by atoms with Gasteiger partial charge < -0.3 is 10.4 Å². The molecular weight excluding hydrogens is 338 g/mol. The molecule has 0 aliphatic heterocycles. The SMILES string of the molecule is Cc1ccc(Cc2nc(C(=O)NC(CC(F)F)C(=O)O)cs2)cc1. The van der Waals surface area contributed by atoms with E-state index in [1.807, 2.05) is 31.2 Å². The molecule has 0 aliphatic rings. The number of aliphatic carboxylic acids is 1. The molecule has 0 saturated carbocycles. The molecule has 2 rings (SSSR count). The third-order valence-corrected chi connectivity index (χ3v) is 4.13. The zero-order valence-electron chi connectivity index (χ0n) is 12.8. The molecule has 0 saturated heterocycles. The Kier molecular flexibility index (Phi) is 5.97. The lowest BCUT2D eigenvalue weighted by Crippen LogP contribution is -2.42. The van der Waals surface area contributed by atoms with Crippen LogP contribution in [0, 0.1) is 6.92 Å². The summed E-state index contributed by atoms with van der Waals surface area (Å²) in [6, 6.07) is 6.22. The number of hydrogen-bond donors (Lipinski definition) is 2. The van der Waals surface area contributed by atoms with Gasteiger partial charge in [-0.25, -0.2) is 18.6 Å². The summed E-state index contributed by atoms with van der Waals surface area (Å²) in [5.41, 5.74) is 2.20. The number of hydrogen-bond acceptors (Lipinski definition) is 4. The molecular formula is C16H16F2N2O3S. The van der Waals surface area contributed by atoms with Gasteiger partial charge in [-0.15, -0.1) is 11.3 Å². The molecule has 1 aromatic carbocycles. The van der Waals surface area contributed by atoms with Crippen LogP contribution in [0.1, 0.15) is 33.0 Å². The van der Waals surface area contributed by atoms with Crippen molar-refractivity contribution in [3.8, 4) is 0 Å². The Labute approximate surface area is 141 Å². The number of carboxylic acids is 1. The number of rotatable bonds is 7. The third kappa shape index (κ3) is 5.09. The molecule has 5 nitrogen and oxygen atoms in total. The molecule has 24 heavy (non-hydrogen) atoms. The van der Waals surface area contributed by atoms with E-state index in [1.165, 1.54) is 16.7 Å². The zero-order chi connectivity index (χ0) is 17.7. The first kappa shape index (κ1) is 18.0. The molecule has 1 amide bonds. The van der Waals surface area contributed by atoms with E-state index in [-0.39, 0.29) is 5.69 Å². The lowest BCUT2D eigenvalue weighted by Gasteiger charge is -2.12. The van der Waals surface area contributed by atoms with Crippen LogP contribution in [0.25, 0.3) is 0 Å². The minimum atomic E-state index is -2.82. The van der Waals surface area contributed by atoms with E-state index in [2.05, 4.69) is 10.3 Å². The molecule has 0 bridgehead atoms. The maximum Gasteiger partial charge on any atom is 0.326 e. The van der Waals surface area contributed by atoms with Gasteiger partial charge in [-0.1, -0.05) is 29.8 Å². The van der Waals surface area contributed by atoms with E-state index in [0.29, 0.717) is 11.4 Å². The average Bonchev–Trinajstić information content (AvgIpc) is 2.97. The third-order valence-electron chi connectivity index (χ3n) is 3.28. The Morgan fingerprint density at radius 3 is 2.54 bits per heavy atom. The summed E-state index contributed by atoms with van der Waals surface area (Å²) in [6.45, 7) is 1.98. The van der Waals surface area contributed by atoms with Crippen LogP contribution >= 0.6 is 11.3 Å². The molecule has 1 heterocycles. The Bertz CT molecular complexity index is 716. The number of carboxylic acid groups (broad SMARTS) is 1. The number of carbonyl (C=O) groups excluding carboxylic acids is 1. The van der Waals surface area contributed by atoms with E-state index >= 15 is 0 Å². The largest absolute Gasteiger partial charge is 0.480 e. The van der Waals surface area contributed by atoms with Crippen molar-refractivity contribution in [1.29, 1.82) is 0 Å². The summed E-state index contributed by atoms with van der Waals surface area (Å²) in [6.07, 6.45) is -3.22. The predicted molar refractivity (Wildman–Crippen MR) is 85.6 cm³/mol. The summed E-state index contributed by atoms with van der Waals surface area (Å²) >= 11 is 1.26. The number of nitrogens with zero attached hydrogens (tertiary/aromatic N) is 1. The summed E-state index contributed by atoms with van der Waals surface area (Å²) in [5.74, 6) is -2.27. The van der Waals surface area contributed by atoms with E-state index in [4.69, 9.17) is 5.11 Å². The van der Waals surface area contributed by atoms with Gasteiger partial charge >= 0.3 is 5.97 Å². The van der Waals surface area contributed by atoms with E-state index < -0.39 is 30.8 Å². The molecule has 8 heteroatoms. The van der Waals surface area contributed by atoms with Crippen LogP contribution in [0.4, 0.5) is 8.78 Å². The van der Waals surface area contributed by atoms with Crippen LogP contribution in [0.3, 0.4) is 0 Å². The maximum atomic E-state index is 12.3. The molecule has 1 atom stereocenters. The van der Waals surface area contributed by atoms with Gasteiger partial charge in [-0.3, -0.25) is 4.79 Å². The van der Waals surface area contributed by atoms with Crippen LogP contribution in [-0.2, 0) is 11.2 Å². The molecule has 2 aromatic rings. The van der Waals surface area contributed by atoms with Gasteiger partial charge in [0.05, 0.1) is 5.01 Å². The highest BCUT2D eigenvalue weighted by Gasteiger charge is 2.25. The second-order valence-electron chi connectivity index (χ2n) is 5.28. The summed E-state index contributed by atoms with van der Waals surface area (Å²) < 4.78 is 24.7. The van der Waals surface area contributed by atoms with Crippen LogP contribution < -0.4 is 5.32 Å². The lowest BCUT2D eigenvalue weighted by molar-refractivity contribution is -0.140. The minimum absolute atomic E-state index is 0.0302. The number of thiazole rings is 1. The van der Waals surface area contributed by atoms with Gasteiger partial charge in [0, 0.05) is 18.2 Å². The second-order valence-corrected chi connectivity index (χ2v) is 6.22. The number of aryl methyl sites for hydroxylation is 1. The van der Waals surface area contributed by atoms with Crippen molar-refractivity contribution in [1.82, 2.24) is 10.3 Å². The monoisotopic (exact) mass is 354 g/mol. The zero-order valence-corrected chi connectivity index (χ0v) is 13.6. The Morgan fingerprint density at radius 1 is 1.29 bits per heavy atom. The van der Waals surface area contributed by atoms with Gasteiger partial charge in [-0.05, 0) is 12.5 Å². The molecule has 128 valence electrons. The average molecular weight is 354 g/mol. The van der Waals surface area contributed by atoms with Gasteiger partial charge in [0.2, 0.25) is 6.43 Å². The highest BCUT2D eigenvalue weighted by atomic mass is 32.1. The van der Waals surface area contributed by atoms with Crippen molar-refractivity contribution in [2.24, 2.45) is 0 Å². The van der Waals surface area contributed by atoms with E-state index in [0.717, 1.165) is 11.1 Å². The van der Waals surface area contributed by atoms with Crippen molar-refractivity contribution in [2.75, 3.05) is 0 Å². The highest BCUT2D eigenvalue weighted by Crippen LogP contribution is 2.16. The number of alkyl halides is 2. The first-order valence-corrected chi connectivity index (χ1v) is 8.05. The standard InChI is InChI=1S/C16H16F2N2O3S/c1-9-2-4-10(5-3-9)6-14-19-12(8-24-14)15(21)20-11(16(22)23)7-13(17)18/h2-5,8,11,13H,6-7H2,1H3,(H,20,21)(H,22,23). The Hall–Kier alpha value is -2.35. The normalized spacial score (nSPS) is 12.2. The summed E-state index contributed by atoms with van der Waals surface area (Å²) in [7, 11) is 0. The molecule has 0 aliphatic carbocycles. The van der Waals surface area contributed by atoms with Crippen molar-refractivity contribution in [3.63, 3.8) is 0 Å². The number of amides is 1. The summed E-state index contributed by atoms with van der Waals surface area (Å²) in [5, 5.41) is 13.1. The van der Waals surface area contributed by atoms with E-state index in [1.54, 1.807) is 0 Å². The smallest absolute Gasteiger partial charge is 0.326 e. The number of aromatic nitrogens is 1. The van der Waals surface area contributed by atoms with Crippen molar-refractivity contribution >= 4 is 23.2 Å². The van der Waals surface area contributed by atoms with Crippen LogP contribution in [-0.4, -0.2) is 34.4 Å². The highest BCUT2D eigenvalue weighted by molar-refractivity contribution is 7.09. The van der Waals surface area contributed by atoms with Crippen molar-refractivity contribution in [2.45, 2.75) is 32.2 Å². The van der Waals surface area contributed by atoms with Gasteiger partial charge in [0.25, 0.3) is 5.91 Å². The van der Waals surface area contributed by atoms with Crippen LogP contribution in [0.15, 0.2) is 29.6 Å². The fourth-order valence-corrected chi connectivity index (χ4v) is 2.82. The quantitative estimate of drug-likeness (QED) is 0.801. The molecule has 0 fully saturated rings. The fourth-order valence-electron chi connectivity index (χ4n) is 2.01. The van der Waals surface area contributed by atoms with Gasteiger partial charge in [0.1, 0.15) is 11.7 Å². The number of carbonyl (C=O) groups is 2. The molecule has 0 spiro atoms. The van der Waals surface area contributed by atoms with E-state index in [9.17, 15) is 18.4 Å². The Morgan fingerprint density at radius 2 is 1.96 bits per heavy atom. The first-order valence-electron chi connectivity index (χ1n) is 7.17. The first-order chi connectivity index (χ1) is 11.3. The second kappa shape index (κ2) is 7.96. The van der Waals surface area contributed by atoms with Gasteiger partial charge in [0.15, 0.2) is 0 Å². The Balaban J connectivity index is 2.02. The summed E-state index contributed by atoms with van der Waals surface area (Å²) in [4.78, 5) is 27.0. The van der Waals surface area contributed by atoms with Crippen molar-refractivity contribution in [3.05, 3.63) is 51.5 Å². The number of benzene rings is 1. The fraction of sp³-hybridized carbons (Fsp3) is 0.312. The topological polar surface area (TPSA) is 79.3 Å². The predicted octanol–water partition coefficient (Wildman–Crippen LogP) is 2.88. The molecule has 1 aromatic heterocycles.